The first-order chi connectivity index (χ1) is 10.5. The van der Waals surface area contributed by atoms with E-state index < -0.39 is 5.97 Å². The van der Waals surface area contributed by atoms with Crippen molar-refractivity contribution in [1.82, 2.24) is 0 Å². The van der Waals surface area contributed by atoms with E-state index in [1.54, 1.807) is 0 Å². The van der Waals surface area contributed by atoms with E-state index in [4.69, 9.17) is 9.84 Å². The third-order valence-corrected chi connectivity index (χ3v) is 3.71. The summed E-state index contributed by atoms with van der Waals surface area (Å²) in [5.41, 5.74) is 0. The summed E-state index contributed by atoms with van der Waals surface area (Å²) >= 11 is 0. The highest BCUT2D eigenvalue weighted by Gasteiger charge is 2.04. The van der Waals surface area contributed by atoms with Crippen LogP contribution in [0.5, 0.6) is 0 Å². The molecule has 0 aromatic carbocycles. The first kappa shape index (κ1) is 20.9. The second-order valence-electron chi connectivity index (χ2n) is 6.48. The molecule has 0 unspecified atom stereocenters. The summed E-state index contributed by atoms with van der Waals surface area (Å²) in [4.78, 5) is 21.7. The number of aliphatic carboxylic acids is 1. The fourth-order valence-electron chi connectivity index (χ4n) is 2.34. The van der Waals surface area contributed by atoms with E-state index in [1.165, 1.54) is 38.5 Å². The lowest BCUT2D eigenvalue weighted by atomic mass is 10.0. The largest absolute Gasteiger partial charge is 0.481 e. The molecule has 0 fully saturated rings. The molecule has 0 bridgehead atoms. The van der Waals surface area contributed by atoms with E-state index in [1.807, 2.05) is 0 Å². The van der Waals surface area contributed by atoms with Crippen molar-refractivity contribution in [1.29, 1.82) is 0 Å². The Hall–Kier alpha value is -1.06. The van der Waals surface area contributed by atoms with Crippen molar-refractivity contribution in [2.45, 2.75) is 90.9 Å². The van der Waals surface area contributed by atoms with Gasteiger partial charge in [0.1, 0.15) is 0 Å². The molecule has 4 heteroatoms. The van der Waals surface area contributed by atoms with Crippen molar-refractivity contribution in [3.05, 3.63) is 0 Å². The van der Waals surface area contributed by atoms with Crippen molar-refractivity contribution < 1.29 is 19.4 Å². The first-order valence-corrected chi connectivity index (χ1v) is 8.89. The molecule has 0 radical (unpaired) electrons. The van der Waals surface area contributed by atoms with E-state index in [0.717, 1.165) is 18.8 Å². The van der Waals surface area contributed by atoms with Gasteiger partial charge in [-0.15, -0.1) is 0 Å². The Morgan fingerprint density at radius 3 is 1.95 bits per heavy atom. The number of carboxylic acid groups (broad SMARTS) is 1. The molecule has 1 N–H and O–H groups in total. The van der Waals surface area contributed by atoms with Crippen LogP contribution in [0.15, 0.2) is 0 Å². The van der Waals surface area contributed by atoms with E-state index in [2.05, 4.69) is 13.8 Å². The van der Waals surface area contributed by atoms with Crippen LogP contribution < -0.4 is 0 Å². The van der Waals surface area contributed by atoms with Crippen LogP contribution in [0, 0.1) is 5.92 Å². The SMILES string of the molecule is CC(C)CCCCCCCCCOC(=O)CCCCC(=O)O. The molecule has 0 aliphatic heterocycles. The fraction of sp³-hybridized carbons (Fsp3) is 0.889. The number of ether oxygens (including phenoxy) is 1. The topological polar surface area (TPSA) is 63.6 Å². The number of carboxylic acids is 1. The van der Waals surface area contributed by atoms with E-state index in [-0.39, 0.29) is 12.4 Å². The summed E-state index contributed by atoms with van der Waals surface area (Å²) in [6.07, 6.45) is 11.5. The van der Waals surface area contributed by atoms with Gasteiger partial charge in [-0.25, -0.2) is 0 Å². The summed E-state index contributed by atoms with van der Waals surface area (Å²) in [7, 11) is 0. The van der Waals surface area contributed by atoms with E-state index in [9.17, 15) is 9.59 Å². The Morgan fingerprint density at radius 2 is 1.36 bits per heavy atom. The van der Waals surface area contributed by atoms with Crippen LogP contribution in [-0.4, -0.2) is 23.7 Å². The molecule has 0 atom stereocenters. The van der Waals surface area contributed by atoms with Crippen LogP contribution in [-0.2, 0) is 14.3 Å². The third-order valence-electron chi connectivity index (χ3n) is 3.71. The van der Waals surface area contributed by atoms with Crippen molar-refractivity contribution >= 4 is 11.9 Å². The Bertz CT molecular complexity index is 287. The minimum absolute atomic E-state index is 0.129. The summed E-state index contributed by atoms with van der Waals surface area (Å²) in [6.45, 7) is 5.05. The predicted molar refractivity (Wildman–Crippen MR) is 88.8 cm³/mol. The molecular weight excluding hydrogens is 280 g/mol. The monoisotopic (exact) mass is 314 g/mol. The smallest absolute Gasteiger partial charge is 0.305 e. The Balaban J connectivity index is 3.18. The van der Waals surface area contributed by atoms with Gasteiger partial charge in [-0.2, -0.15) is 0 Å². The Kier molecular flexibility index (Phi) is 14.1. The molecule has 0 saturated carbocycles. The van der Waals surface area contributed by atoms with Crippen molar-refractivity contribution in [3.63, 3.8) is 0 Å². The zero-order chi connectivity index (χ0) is 16.6. The van der Waals surface area contributed by atoms with Crippen LogP contribution in [0.2, 0.25) is 0 Å². The minimum Gasteiger partial charge on any atom is -0.481 e. The Morgan fingerprint density at radius 1 is 0.818 bits per heavy atom. The zero-order valence-electron chi connectivity index (χ0n) is 14.4. The molecule has 0 spiro atoms. The molecule has 4 nitrogen and oxygen atoms in total. The average molecular weight is 314 g/mol. The lowest BCUT2D eigenvalue weighted by molar-refractivity contribution is -0.144. The second-order valence-corrected chi connectivity index (χ2v) is 6.48. The highest BCUT2D eigenvalue weighted by molar-refractivity contribution is 5.69. The van der Waals surface area contributed by atoms with Gasteiger partial charge in [0.25, 0.3) is 0 Å². The van der Waals surface area contributed by atoms with Gasteiger partial charge < -0.3 is 9.84 Å². The lowest BCUT2D eigenvalue weighted by Crippen LogP contribution is -2.06. The highest BCUT2D eigenvalue weighted by atomic mass is 16.5. The van der Waals surface area contributed by atoms with Gasteiger partial charge in [0.15, 0.2) is 0 Å². The maximum absolute atomic E-state index is 11.4. The van der Waals surface area contributed by atoms with Crippen molar-refractivity contribution in [2.24, 2.45) is 5.92 Å². The van der Waals surface area contributed by atoms with Gasteiger partial charge in [0.2, 0.25) is 0 Å². The van der Waals surface area contributed by atoms with Gasteiger partial charge in [-0.3, -0.25) is 9.59 Å². The Labute approximate surface area is 135 Å². The second kappa shape index (κ2) is 14.9. The summed E-state index contributed by atoms with van der Waals surface area (Å²) in [6, 6.07) is 0. The minimum atomic E-state index is -0.808. The zero-order valence-corrected chi connectivity index (χ0v) is 14.4. The van der Waals surface area contributed by atoms with Gasteiger partial charge in [-0.1, -0.05) is 58.8 Å². The average Bonchev–Trinajstić information content (AvgIpc) is 2.45. The number of carbonyl (C=O) groups excluding carboxylic acids is 1. The van der Waals surface area contributed by atoms with Crippen LogP contribution in [0.3, 0.4) is 0 Å². The summed E-state index contributed by atoms with van der Waals surface area (Å²) in [5.74, 6) is -0.185. The predicted octanol–water partition coefficient (Wildman–Crippen LogP) is 4.95. The van der Waals surface area contributed by atoms with Crippen molar-refractivity contribution in [3.8, 4) is 0 Å². The maximum atomic E-state index is 11.4. The lowest BCUT2D eigenvalue weighted by Gasteiger charge is -2.05. The van der Waals surface area contributed by atoms with Crippen LogP contribution in [0.25, 0.3) is 0 Å². The van der Waals surface area contributed by atoms with Crippen LogP contribution >= 0.6 is 0 Å². The molecule has 0 saturated heterocycles. The third kappa shape index (κ3) is 17.0. The molecule has 0 aromatic heterocycles. The number of esters is 1. The van der Waals surface area contributed by atoms with Crippen molar-refractivity contribution in [2.75, 3.05) is 6.61 Å². The summed E-state index contributed by atoms with van der Waals surface area (Å²) < 4.78 is 5.13. The van der Waals surface area contributed by atoms with Crippen LogP contribution in [0.4, 0.5) is 0 Å². The molecule has 0 rings (SSSR count). The maximum Gasteiger partial charge on any atom is 0.305 e. The molecule has 22 heavy (non-hydrogen) atoms. The van der Waals surface area contributed by atoms with Gasteiger partial charge >= 0.3 is 11.9 Å². The number of hydrogen-bond donors (Lipinski definition) is 1. The number of rotatable bonds is 15. The summed E-state index contributed by atoms with van der Waals surface area (Å²) in [5, 5.41) is 8.48. The molecular formula is C18H34O4. The van der Waals surface area contributed by atoms with E-state index >= 15 is 0 Å². The van der Waals surface area contributed by atoms with Gasteiger partial charge in [0, 0.05) is 12.8 Å². The van der Waals surface area contributed by atoms with Gasteiger partial charge in [0.05, 0.1) is 6.61 Å². The normalized spacial score (nSPS) is 10.9. The van der Waals surface area contributed by atoms with Gasteiger partial charge in [-0.05, 0) is 25.2 Å². The quantitative estimate of drug-likeness (QED) is 0.343. The standard InChI is InChI=1S/C18H34O4/c1-16(2)12-8-6-4-3-5-7-11-15-22-18(21)14-10-9-13-17(19)20/h16H,3-15H2,1-2H3,(H,19,20). The number of hydrogen-bond acceptors (Lipinski definition) is 3. The fourth-order valence-corrected chi connectivity index (χ4v) is 2.34. The highest BCUT2D eigenvalue weighted by Crippen LogP contribution is 2.12. The van der Waals surface area contributed by atoms with Crippen LogP contribution in [0.1, 0.15) is 90.9 Å². The molecule has 0 heterocycles. The molecule has 0 aliphatic carbocycles. The molecule has 130 valence electrons. The molecule has 0 amide bonds. The first-order valence-electron chi connectivity index (χ1n) is 8.89. The number of unbranched alkanes of at least 4 members (excludes halogenated alkanes) is 7. The molecule has 0 aliphatic rings. The number of carbonyl (C=O) groups is 2. The molecule has 0 aromatic rings. The van der Waals surface area contributed by atoms with E-state index in [0.29, 0.717) is 25.9 Å².